The van der Waals surface area contributed by atoms with Crippen LogP contribution in [0.15, 0.2) is 36.4 Å². The predicted molar refractivity (Wildman–Crippen MR) is 79.2 cm³/mol. The van der Waals surface area contributed by atoms with Crippen LogP contribution in [0.4, 0.5) is 20.2 Å². The number of nitrogen functional groups attached to an aromatic ring is 1. The molecule has 0 fully saturated rings. The third kappa shape index (κ3) is 3.37. The summed E-state index contributed by atoms with van der Waals surface area (Å²) in [5, 5.41) is 2.46. The van der Waals surface area contributed by atoms with Crippen molar-refractivity contribution < 1.29 is 13.6 Å². The molecule has 0 aliphatic carbocycles. The molecule has 3 nitrogen and oxygen atoms in total. The summed E-state index contributed by atoms with van der Waals surface area (Å²) in [6, 6.07) is 9.19. The second-order valence-electron chi connectivity index (χ2n) is 4.73. The average Bonchev–Trinajstić information content (AvgIpc) is 2.46. The maximum atomic E-state index is 13.8. The fraction of sp³-hybridized carbons (Fsp3) is 0.188. The Morgan fingerprint density at radius 2 is 1.81 bits per heavy atom. The van der Waals surface area contributed by atoms with Crippen LogP contribution in [0.25, 0.3) is 0 Å². The van der Waals surface area contributed by atoms with E-state index in [0.29, 0.717) is 5.69 Å². The van der Waals surface area contributed by atoms with Gasteiger partial charge >= 0.3 is 0 Å². The van der Waals surface area contributed by atoms with Crippen molar-refractivity contribution in [3.05, 3.63) is 59.2 Å². The topological polar surface area (TPSA) is 55.1 Å². The molecule has 21 heavy (non-hydrogen) atoms. The molecule has 5 heteroatoms. The zero-order valence-electron chi connectivity index (χ0n) is 11.6. The van der Waals surface area contributed by atoms with Crippen molar-refractivity contribution in [2.24, 2.45) is 0 Å². The fourth-order valence-electron chi connectivity index (χ4n) is 2.01. The van der Waals surface area contributed by atoms with Crippen LogP contribution >= 0.6 is 0 Å². The highest BCUT2D eigenvalue weighted by Gasteiger charge is 2.19. The van der Waals surface area contributed by atoms with Gasteiger partial charge in [0.05, 0.1) is 5.69 Å². The summed E-state index contributed by atoms with van der Waals surface area (Å²) in [4.78, 5) is 12.0. The van der Waals surface area contributed by atoms with Crippen molar-refractivity contribution in [1.29, 1.82) is 0 Å². The van der Waals surface area contributed by atoms with E-state index in [9.17, 15) is 13.6 Å². The van der Waals surface area contributed by atoms with Crippen molar-refractivity contribution in [2.45, 2.75) is 19.8 Å². The van der Waals surface area contributed by atoms with Crippen LogP contribution in [0.1, 0.15) is 29.3 Å². The number of aryl methyl sites for hydroxylation is 1. The molecule has 0 aliphatic rings. The van der Waals surface area contributed by atoms with E-state index in [1.54, 1.807) is 12.1 Å². The lowest BCUT2D eigenvalue weighted by atomic mass is 10.1. The van der Waals surface area contributed by atoms with E-state index < -0.39 is 23.1 Å². The van der Waals surface area contributed by atoms with Crippen LogP contribution in [0, 0.1) is 11.6 Å². The molecule has 2 aromatic carbocycles. The number of nitrogens with two attached hydrogens (primary N) is 1. The lowest BCUT2D eigenvalue weighted by Crippen LogP contribution is -2.16. The molecule has 0 bridgehead atoms. The van der Waals surface area contributed by atoms with Crippen molar-refractivity contribution in [2.75, 3.05) is 11.1 Å². The quantitative estimate of drug-likeness (QED) is 0.842. The van der Waals surface area contributed by atoms with Gasteiger partial charge < -0.3 is 11.1 Å². The highest BCUT2D eigenvalue weighted by atomic mass is 19.1. The van der Waals surface area contributed by atoms with E-state index in [-0.39, 0.29) is 5.69 Å². The standard InChI is InChI=1S/C16H16F2N2O/c1-2-3-10-4-6-11(7-5-10)20-16(21)14-12(17)8-9-13(19)15(14)18/h4-9H,2-3,19H2,1H3,(H,20,21). The Morgan fingerprint density at radius 1 is 1.14 bits per heavy atom. The monoisotopic (exact) mass is 290 g/mol. The van der Waals surface area contributed by atoms with Crippen molar-refractivity contribution in [1.82, 2.24) is 0 Å². The zero-order valence-corrected chi connectivity index (χ0v) is 11.6. The second-order valence-corrected chi connectivity index (χ2v) is 4.73. The molecule has 3 N–H and O–H groups in total. The van der Waals surface area contributed by atoms with Crippen LogP contribution in [0.5, 0.6) is 0 Å². The van der Waals surface area contributed by atoms with Crippen molar-refractivity contribution in [3.63, 3.8) is 0 Å². The number of nitrogens with one attached hydrogen (secondary N) is 1. The Kier molecular flexibility index (Phi) is 4.52. The summed E-state index contributed by atoms with van der Waals surface area (Å²) < 4.78 is 27.3. The van der Waals surface area contributed by atoms with Crippen LogP contribution < -0.4 is 11.1 Å². The van der Waals surface area contributed by atoms with Gasteiger partial charge in [-0.05, 0) is 36.2 Å². The normalized spacial score (nSPS) is 10.4. The maximum Gasteiger partial charge on any atom is 0.261 e. The molecule has 0 heterocycles. The first kappa shape index (κ1) is 15.0. The third-order valence-corrected chi connectivity index (χ3v) is 3.10. The van der Waals surface area contributed by atoms with Gasteiger partial charge in [-0.2, -0.15) is 0 Å². The van der Waals surface area contributed by atoms with E-state index in [2.05, 4.69) is 12.2 Å². The first-order valence-electron chi connectivity index (χ1n) is 6.66. The number of carbonyl (C=O) groups excluding carboxylic acids is 1. The molecule has 0 saturated heterocycles. The first-order valence-corrected chi connectivity index (χ1v) is 6.66. The smallest absolute Gasteiger partial charge is 0.261 e. The van der Waals surface area contributed by atoms with Gasteiger partial charge in [-0.3, -0.25) is 4.79 Å². The SMILES string of the molecule is CCCc1ccc(NC(=O)c2c(F)ccc(N)c2F)cc1. The molecular weight excluding hydrogens is 274 g/mol. The van der Waals surface area contributed by atoms with Crippen molar-refractivity contribution in [3.8, 4) is 0 Å². The average molecular weight is 290 g/mol. The molecule has 0 unspecified atom stereocenters. The molecule has 1 amide bonds. The van der Waals surface area contributed by atoms with Crippen LogP contribution in [-0.2, 0) is 6.42 Å². The minimum Gasteiger partial charge on any atom is -0.396 e. The summed E-state index contributed by atoms with van der Waals surface area (Å²) >= 11 is 0. The second kappa shape index (κ2) is 6.35. The highest BCUT2D eigenvalue weighted by Crippen LogP contribution is 2.20. The summed E-state index contributed by atoms with van der Waals surface area (Å²) in [5.41, 5.74) is 6.02. The zero-order chi connectivity index (χ0) is 15.4. The number of amides is 1. The number of anilines is 2. The van der Waals surface area contributed by atoms with Gasteiger partial charge in [-0.15, -0.1) is 0 Å². The van der Waals surface area contributed by atoms with Gasteiger partial charge in [0, 0.05) is 5.69 Å². The number of halogens is 2. The largest absolute Gasteiger partial charge is 0.396 e. The number of hydrogen-bond acceptors (Lipinski definition) is 2. The molecule has 0 spiro atoms. The van der Waals surface area contributed by atoms with E-state index in [1.165, 1.54) is 0 Å². The Bertz CT molecular complexity index is 654. The van der Waals surface area contributed by atoms with Gasteiger partial charge in [0.15, 0.2) is 5.82 Å². The summed E-state index contributed by atoms with van der Waals surface area (Å²) in [6.45, 7) is 2.07. The summed E-state index contributed by atoms with van der Waals surface area (Å²) in [7, 11) is 0. The Labute approximate surface area is 121 Å². The molecule has 0 aliphatic heterocycles. The number of hydrogen-bond donors (Lipinski definition) is 2. The molecule has 0 saturated carbocycles. The maximum absolute atomic E-state index is 13.8. The molecule has 110 valence electrons. The number of benzene rings is 2. The van der Waals surface area contributed by atoms with Gasteiger partial charge in [-0.1, -0.05) is 25.5 Å². The molecule has 2 rings (SSSR count). The molecule has 2 aromatic rings. The van der Waals surface area contributed by atoms with Gasteiger partial charge in [0.1, 0.15) is 11.4 Å². The minimum absolute atomic E-state index is 0.264. The first-order chi connectivity index (χ1) is 10.0. The van der Waals surface area contributed by atoms with Crippen LogP contribution in [0.2, 0.25) is 0 Å². The fourth-order valence-corrected chi connectivity index (χ4v) is 2.01. The Morgan fingerprint density at radius 3 is 2.43 bits per heavy atom. The number of carbonyl (C=O) groups is 1. The highest BCUT2D eigenvalue weighted by molar-refractivity contribution is 6.05. The van der Waals surface area contributed by atoms with Gasteiger partial charge in [0.25, 0.3) is 5.91 Å². The summed E-state index contributed by atoms with van der Waals surface area (Å²) in [6.07, 6.45) is 1.96. The van der Waals surface area contributed by atoms with Gasteiger partial charge in [0.2, 0.25) is 0 Å². The third-order valence-electron chi connectivity index (χ3n) is 3.10. The lowest BCUT2D eigenvalue weighted by molar-refractivity contribution is 0.101. The van der Waals surface area contributed by atoms with E-state index >= 15 is 0 Å². The molecular formula is C16H16F2N2O. The predicted octanol–water partition coefficient (Wildman–Crippen LogP) is 3.75. The number of rotatable bonds is 4. The minimum atomic E-state index is -1.05. The van der Waals surface area contributed by atoms with E-state index in [4.69, 9.17) is 5.73 Å². The lowest BCUT2D eigenvalue weighted by Gasteiger charge is -2.09. The van der Waals surface area contributed by atoms with Crippen LogP contribution in [0.3, 0.4) is 0 Å². The van der Waals surface area contributed by atoms with Crippen LogP contribution in [-0.4, -0.2) is 5.91 Å². The Balaban J connectivity index is 2.20. The van der Waals surface area contributed by atoms with Crippen molar-refractivity contribution >= 4 is 17.3 Å². The Hall–Kier alpha value is -2.43. The molecule has 0 radical (unpaired) electrons. The van der Waals surface area contributed by atoms with Gasteiger partial charge in [-0.25, -0.2) is 8.78 Å². The molecule has 0 atom stereocenters. The molecule has 0 aromatic heterocycles. The summed E-state index contributed by atoms with van der Waals surface area (Å²) in [5.74, 6) is -2.85. The van der Waals surface area contributed by atoms with E-state index in [1.807, 2.05) is 12.1 Å². The van der Waals surface area contributed by atoms with E-state index in [0.717, 1.165) is 30.5 Å².